The van der Waals surface area contributed by atoms with Crippen molar-refractivity contribution in [1.29, 1.82) is 0 Å². The summed E-state index contributed by atoms with van der Waals surface area (Å²) in [7, 11) is 3.10. The molecule has 2 heterocycles. The highest BCUT2D eigenvalue weighted by Crippen LogP contribution is 2.39. The quantitative estimate of drug-likeness (QED) is 0.144. The zero-order valence-electron chi connectivity index (χ0n) is 22.8. The summed E-state index contributed by atoms with van der Waals surface area (Å²) in [5.74, 6) is 2.01. The zero-order chi connectivity index (χ0) is 30.1. The van der Waals surface area contributed by atoms with E-state index in [2.05, 4.69) is 52.9 Å². The summed E-state index contributed by atoms with van der Waals surface area (Å²) in [5.41, 5.74) is 2.43. The van der Waals surface area contributed by atoms with Gasteiger partial charge in [0.15, 0.2) is 17.3 Å². The highest BCUT2D eigenvalue weighted by atomic mass is 79.9. The maximum Gasteiger partial charge on any atom is 0.282 e. The third kappa shape index (κ3) is 5.97. The molecule has 43 heavy (non-hydrogen) atoms. The summed E-state index contributed by atoms with van der Waals surface area (Å²) in [6.07, 6.45) is 1.54. The molecule has 0 N–H and O–H groups in total. The molecule has 2 aromatic heterocycles. The minimum Gasteiger partial charge on any atom is -0.493 e. The minimum absolute atomic E-state index is 0.270. The molecule has 0 aliphatic carbocycles. The summed E-state index contributed by atoms with van der Waals surface area (Å²) in [6.45, 7) is 0.281. The molecule has 0 aliphatic heterocycles. The van der Waals surface area contributed by atoms with Crippen molar-refractivity contribution in [2.45, 2.75) is 6.61 Å². The number of hydrogen-bond donors (Lipinski definition) is 0. The second-order valence-corrected chi connectivity index (χ2v) is 12.1. The number of fused-ring (bicyclic) bond motifs is 2. The summed E-state index contributed by atoms with van der Waals surface area (Å²) in [6, 6.07) is 24.0. The fourth-order valence-electron chi connectivity index (χ4n) is 4.54. The number of aromatic nitrogens is 2. The molecular formula is C32H22Br3N3O5. The van der Waals surface area contributed by atoms with E-state index in [0.717, 1.165) is 24.4 Å². The highest BCUT2D eigenvalue weighted by Gasteiger charge is 2.18. The van der Waals surface area contributed by atoms with Gasteiger partial charge in [0.2, 0.25) is 11.6 Å². The van der Waals surface area contributed by atoms with Crippen molar-refractivity contribution in [3.63, 3.8) is 0 Å². The van der Waals surface area contributed by atoms with Crippen molar-refractivity contribution in [1.82, 2.24) is 9.66 Å². The molecule has 0 amide bonds. The van der Waals surface area contributed by atoms with Gasteiger partial charge in [-0.1, -0.05) is 66.0 Å². The van der Waals surface area contributed by atoms with Gasteiger partial charge in [0.05, 0.1) is 31.3 Å². The van der Waals surface area contributed by atoms with E-state index < -0.39 is 0 Å². The standard InChI is InChI=1S/C32H22Br3N3O5/c1-40-27-11-18(12-28(41-2)30(27)42-17-19-7-8-22(34)15-24(19)35)16-36-38-31(37-25-6-4-3-5-23(25)32(38)39)29-14-20-13-21(33)9-10-26(20)43-29/h3-16H,17H2,1-2H3. The number of rotatable bonds is 8. The Hall–Kier alpha value is -3.93. The summed E-state index contributed by atoms with van der Waals surface area (Å²) >= 11 is 10.5. The maximum absolute atomic E-state index is 13.7. The first-order chi connectivity index (χ1) is 20.8. The Morgan fingerprint density at radius 2 is 1.63 bits per heavy atom. The SMILES string of the molecule is COc1cc(C=Nn2c(-c3cc4cc(Br)ccc4o3)nc3ccccc3c2=O)cc(OC)c1OCc1ccc(Br)cc1Br. The van der Waals surface area contributed by atoms with Crippen LogP contribution < -0.4 is 19.8 Å². The van der Waals surface area contributed by atoms with Crippen molar-refractivity contribution >= 4 is 75.9 Å². The van der Waals surface area contributed by atoms with Crippen LogP contribution in [0.4, 0.5) is 0 Å². The van der Waals surface area contributed by atoms with Gasteiger partial charge in [-0.05, 0) is 60.7 Å². The third-order valence-electron chi connectivity index (χ3n) is 6.64. The van der Waals surface area contributed by atoms with E-state index in [1.165, 1.54) is 4.68 Å². The van der Waals surface area contributed by atoms with Crippen LogP contribution in [-0.2, 0) is 6.61 Å². The Morgan fingerprint density at radius 1 is 0.907 bits per heavy atom. The van der Waals surface area contributed by atoms with Crippen LogP contribution in [0.25, 0.3) is 33.5 Å². The lowest BCUT2D eigenvalue weighted by molar-refractivity contribution is 0.265. The largest absolute Gasteiger partial charge is 0.493 e. The number of halogens is 3. The summed E-state index contributed by atoms with van der Waals surface area (Å²) in [4.78, 5) is 18.4. The first kappa shape index (κ1) is 29.2. The molecule has 8 nitrogen and oxygen atoms in total. The van der Waals surface area contributed by atoms with Crippen LogP contribution in [0.5, 0.6) is 17.2 Å². The van der Waals surface area contributed by atoms with Gasteiger partial charge in [-0.2, -0.15) is 9.78 Å². The van der Waals surface area contributed by atoms with Gasteiger partial charge in [0, 0.05) is 29.9 Å². The van der Waals surface area contributed by atoms with Crippen molar-refractivity contribution in [2.24, 2.45) is 5.10 Å². The monoisotopic (exact) mass is 765 g/mol. The predicted octanol–water partition coefficient (Wildman–Crippen LogP) is 8.58. The van der Waals surface area contributed by atoms with E-state index in [4.69, 9.17) is 23.6 Å². The lowest BCUT2D eigenvalue weighted by Gasteiger charge is -2.16. The number of nitrogens with zero attached hydrogens (tertiary/aromatic N) is 3. The van der Waals surface area contributed by atoms with Crippen LogP contribution in [0.15, 0.2) is 107 Å². The van der Waals surface area contributed by atoms with Gasteiger partial charge in [-0.15, -0.1) is 0 Å². The third-order valence-corrected chi connectivity index (χ3v) is 8.37. The van der Waals surface area contributed by atoms with Crippen molar-refractivity contribution < 1.29 is 18.6 Å². The second kappa shape index (κ2) is 12.4. The molecule has 0 saturated carbocycles. The molecule has 0 radical (unpaired) electrons. The molecule has 0 unspecified atom stereocenters. The number of benzene rings is 4. The average Bonchev–Trinajstić information content (AvgIpc) is 3.43. The Balaban J connectivity index is 1.41. The first-order valence-electron chi connectivity index (χ1n) is 12.9. The molecule has 0 fully saturated rings. The molecular weight excluding hydrogens is 746 g/mol. The molecule has 0 aliphatic rings. The van der Waals surface area contributed by atoms with E-state index in [1.807, 2.05) is 48.5 Å². The number of methoxy groups -OCH3 is 2. The zero-order valence-corrected chi connectivity index (χ0v) is 27.6. The van der Waals surface area contributed by atoms with Crippen molar-refractivity contribution in [2.75, 3.05) is 14.2 Å². The summed E-state index contributed by atoms with van der Waals surface area (Å²) in [5, 5.41) is 5.86. The Morgan fingerprint density at radius 3 is 2.37 bits per heavy atom. The Bertz CT molecular complexity index is 2060. The van der Waals surface area contributed by atoms with Crippen LogP contribution >= 0.6 is 47.8 Å². The van der Waals surface area contributed by atoms with Gasteiger partial charge in [0.1, 0.15) is 12.2 Å². The van der Waals surface area contributed by atoms with Crippen molar-refractivity contribution in [3.8, 4) is 28.8 Å². The predicted molar refractivity (Wildman–Crippen MR) is 178 cm³/mol. The topological polar surface area (TPSA) is 88.1 Å². The van der Waals surface area contributed by atoms with Gasteiger partial charge in [-0.25, -0.2) is 4.98 Å². The Labute approximate surface area is 271 Å². The molecule has 0 bridgehead atoms. The van der Waals surface area contributed by atoms with Crippen LogP contribution in [0.1, 0.15) is 11.1 Å². The molecule has 6 rings (SSSR count). The lowest BCUT2D eigenvalue weighted by atomic mass is 10.2. The second-order valence-electron chi connectivity index (χ2n) is 9.39. The highest BCUT2D eigenvalue weighted by molar-refractivity contribution is 9.11. The average molecular weight is 768 g/mol. The number of hydrogen-bond acceptors (Lipinski definition) is 7. The number of ether oxygens (including phenoxy) is 3. The number of para-hydroxylation sites is 1. The maximum atomic E-state index is 13.7. The van der Waals surface area contributed by atoms with E-state index in [0.29, 0.717) is 45.1 Å². The van der Waals surface area contributed by atoms with Crippen LogP contribution in [0, 0.1) is 0 Å². The lowest BCUT2D eigenvalue weighted by Crippen LogP contribution is -2.20. The fraction of sp³-hybridized carbons (Fsp3) is 0.0938. The van der Waals surface area contributed by atoms with E-state index in [-0.39, 0.29) is 18.0 Å². The minimum atomic E-state index is -0.336. The fourth-order valence-corrected chi connectivity index (χ4v) is 6.09. The molecule has 6 aromatic rings. The molecule has 0 saturated heterocycles. The van der Waals surface area contributed by atoms with E-state index >= 15 is 0 Å². The van der Waals surface area contributed by atoms with Crippen LogP contribution in [0.3, 0.4) is 0 Å². The Kier molecular flexibility index (Phi) is 8.38. The van der Waals surface area contributed by atoms with Gasteiger partial charge < -0.3 is 18.6 Å². The molecule has 0 spiro atoms. The molecule has 0 atom stereocenters. The first-order valence-corrected chi connectivity index (χ1v) is 15.3. The van der Waals surface area contributed by atoms with Gasteiger partial charge in [-0.3, -0.25) is 4.79 Å². The summed E-state index contributed by atoms with van der Waals surface area (Å²) < 4.78 is 27.5. The normalized spacial score (nSPS) is 11.5. The van der Waals surface area contributed by atoms with E-state index in [9.17, 15) is 4.79 Å². The number of furan rings is 1. The van der Waals surface area contributed by atoms with Gasteiger partial charge in [0.25, 0.3) is 5.56 Å². The van der Waals surface area contributed by atoms with Crippen molar-refractivity contribution in [3.05, 3.63) is 114 Å². The molecule has 4 aromatic carbocycles. The smallest absolute Gasteiger partial charge is 0.282 e. The van der Waals surface area contributed by atoms with E-state index in [1.54, 1.807) is 50.8 Å². The molecule has 216 valence electrons. The van der Waals surface area contributed by atoms with Gasteiger partial charge >= 0.3 is 0 Å². The van der Waals surface area contributed by atoms with Crippen LogP contribution in [-0.4, -0.2) is 30.1 Å². The molecule has 11 heteroatoms. The van der Waals surface area contributed by atoms with Crippen LogP contribution in [0.2, 0.25) is 0 Å².